The highest BCUT2D eigenvalue weighted by Gasteiger charge is 2.20. The number of nitrogens with zero attached hydrogens (tertiary/aromatic N) is 5. The third-order valence-electron chi connectivity index (χ3n) is 4.73. The Kier molecular flexibility index (Phi) is 6.22. The maximum atomic E-state index is 13.7. The molecule has 4 rings (SSSR count). The monoisotopic (exact) mass is 452 g/mol. The quantitative estimate of drug-likeness (QED) is 0.430. The zero-order chi connectivity index (χ0) is 22.7. The van der Waals surface area contributed by atoms with Crippen molar-refractivity contribution >= 4 is 23.4 Å². The number of carbonyl (C=O) groups excluding carboxylic acids is 1. The van der Waals surface area contributed by atoms with Crippen LogP contribution in [0, 0.1) is 5.82 Å². The molecule has 0 unspecified atom stereocenters. The molecule has 0 bridgehead atoms. The van der Waals surface area contributed by atoms with Crippen molar-refractivity contribution in [1.82, 2.24) is 24.5 Å². The Labute approximate surface area is 188 Å². The number of rotatable bonds is 7. The van der Waals surface area contributed by atoms with Gasteiger partial charge in [-0.3, -0.25) is 9.48 Å². The molecule has 0 radical (unpaired) electrons. The number of hydrogen-bond donors (Lipinski definition) is 1. The molecule has 4 aromatic rings. The minimum Gasteiger partial charge on any atom is -0.497 e. The predicted molar refractivity (Wildman–Crippen MR) is 121 cm³/mol. The van der Waals surface area contributed by atoms with E-state index in [1.807, 2.05) is 49.1 Å². The van der Waals surface area contributed by atoms with Crippen LogP contribution in [0.2, 0.25) is 0 Å². The SMILES string of the molecule is COc1cccc(-c2nn(C)cc2-c2nnc(SCC(=O)Nc3ccccc3F)n2C)c1. The maximum absolute atomic E-state index is 13.7. The van der Waals surface area contributed by atoms with Gasteiger partial charge in [0.05, 0.1) is 24.1 Å². The molecule has 0 aliphatic rings. The minimum absolute atomic E-state index is 0.0656. The highest BCUT2D eigenvalue weighted by atomic mass is 32.2. The van der Waals surface area contributed by atoms with Gasteiger partial charge in [-0.25, -0.2) is 4.39 Å². The number of thioether (sulfide) groups is 1. The van der Waals surface area contributed by atoms with Crippen molar-refractivity contribution < 1.29 is 13.9 Å². The fraction of sp³-hybridized carbons (Fsp3) is 0.182. The van der Waals surface area contributed by atoms with Gasteiger partial charge >= 0.3 is 0 Å². The zero-order valence-corrected chi connectivity index (χ0v) is 18.6. The molecule has 1 N–H and O–H groups in total. The summed E-state index contributed by atoms with van der Waals surface area (Å²) in [7, 11) is 5.29. The van der Waals surface area contributed by atoms with Crippen molar-refractivity contribution in [3.8, 4) is 28.4 Å². The summed E-state index contributed by atoms with van der Waals surface area (Å²) < 4.78 is 22.6. The van der Waals surface area contributed by atoms with Crippen molar-refractivity contribution in [2.45, 2.75) is 5.16 Å². The summed E-state index contributed by atoms with van der Waals surface area (Å²) in [4.78, 5) is 12.2. The first-order valence-corrected chi connectivity index (χ1v) is 10.7. The molecule has 10 heteroatoms. The molecule has 0 saturated heterocycles. The zero-order valence-electron chi connectivity index (χ0n) is 17.7. The number of anilines is 1. The van der Waals surface area contributed by atoms with Crippen LogP contribution < -0.4 is 10.1 Å². The van der Waals surface area contributed by atoms with Gasteiger partial charge < -0.3 is 14.6 Å². The van der Waals surface area contributed by atoms with E-state index in [4.69, 9.17) is 4.74 Å². The standard InChI is InChI=1S/C22H21FN6O2S/c1-28-12-16(20(27-28)14-7-6-8-15(11-14)31-3)21-25-26-22(29(21)2)32-13-19(30)24-18-10-5-4-9-17(18)23/h4-12H,13H2,1-3H3,(H,24,30). The molecule has 32 heavy (non-hydrogen) atoms. The molecule has 0 fully saturated rings. The van der Waals surface area contributed by atoms with Gasteiger partial charge in [0, 0.05) is 25.9 Å². The van der Waals surface area contributed by atoms with Crippen molar-refractivity contribution in [1.29, 1.82) is 0 Å². The summed E-state index contributed by atoms with van der Waals surface area (Å²) in [5.41, 5.74) is 2.59. The van der Waals surface area contributed by atoms with Gasteiger partial charge in [0.2, 0.25) is 5.91 Å². The Morgan fingerprint density at radius 3 is 2.75 bits per heavy atom. The Morgan fingerprint density at radius 1 is 1.16 bits per heavy atom. The number of amides is 1. The molecule has 2 heterocycles. The van der Waals surface area contributed by atoms with Crippen molar-refractivity contribution in [3.05, 3.63) is 60.5 Å². The topological polar surface area (TPSA) is 86.9 Å². The normalized spacial score (nSPS) is 10.9. The number of carbonyl (C=O) groups is 1. The van der Waals surface area contributed by atoms with Crippen LogP contribution in [0.1, 0.15) is 0 Å². The van der Waals surface area contributed by atoms with Gasteiger partial charge in [-0.2, -0.15) is 5.10 Å². The smallest absolute Gasteiger partial charge is 0.234 e. The van der Waals surface area contributed by atoms with Crippen LogP contribution in [0.5, 0.6) is 5.75 Å². The molecular formula is C22H21FN6O2S. The van der Waals surface area contributed by atoms with E-state index in [-0.39, 0.29) is 17.3 Å². The summed E-state index contributed by atoms with van der Waals surface area (Å²) in [6, 6.07) is 13.7. The number of ether oxygens (including phenoxy) is 1. The fourth-order valence-corrected chi connectivity index (χ4v) is 3.90. The molecule has 0 aliphatic heterocycles. The predicted octanol–water partition coefficient (Wildman–Crippen LogP) is 3.76. The van der Waals surface area contributed by atoms with Gasteiger partial charge in [0.1, 0.15) is 17.3 Å². The molecule has 2 aromatic heterocycles. The molecule has 8 nitrogen and oxygen atoms in total. The van der Waals surface area contributed by atoms with Crippen LogP contribution in [0.4, 0.5) is 10.1 Å². The largest absolute Gasteiger partial charge is 0.497 e. The van der Waals surface area contributed by atoms with Crippen LogP contribution in [0.25, 0.3) is 22.6 Å². The lowest BCUT2D eigenvalue weighted by Crippen LogP contribution is -2.15. The molecule has 1 amide bonds. The fourth-order valence-electron chi connectivity index (χ4n) is 3.19. The average molecular weight is 453 g/mol. The van der Waals surface area contributed by atoms with Crippen molar-refractivity contribution in [2.24, 2.45) is 14.1 Å². The second-order valence-electron chi connectivity index (χ2n) is 6.98. The van der Waals surface area contributed by atoms with Crippen molar-refractivity contribution in [2.75, 3.05) is 18.2 Å². The number of nitrogens with one attached hydrogen (secondary N) is 1. The van der Waals surface area contributed by atoms with Gasteiger partial charge in [0.15, 0.2) is 11.0 Å². The molecular weight excluding hydrogens is 431 g/mol. The number of methoxy groups -OCH3 is 1. The summed E-state index contributed by atoms with van der Waals surface area (Å²) in [5.74, 6) is 0.606. The van der Waals surface area contributed by atoms with Gasteiger partial charge in [-0.05, 0) is 24.3 Å². The number of benzene rings is 2. The molecule has 0 atom stereocenters. The van der Waals surface area contributed by atoms with Gasteiger partial charge in [-0.1, -0.05) is 36.0 Å². The van der Waals surface area contributed by atoms with Crippen LogP contribution in [-0.2, 0) is 18.9 Å². The highest BCUT2D eigenvalue weighted by Crippen LogP contribution is 2.32. The number of aromatic nitrogens is 5. The highest BCUT2D eigenvalue weighted by molar-refractivity contribution is 7.99. The number of para-hydroxylation sites is 1. The van der Waals surface area contributed by atoms with Crippen LogP contribution >= 0.6 is 11.8 Å². The number of aryl methyl sites for hydroxylation is 1. The Hall–Kier alpha value is -3.66. The Balaban J connectivity index is 1.53. The number of halogens is 1. The van der Waals surface area contributed by atoms with E-state index in [9.17, 15) is 9.18 Å². The van der Waals surface area contributed by atoms with Crippen LogP contribution in [0.15, 0.2) is 59.9 Å². The first-order chi connectivity index (χ1) is 15.5. The lowest BCUT2D eigenvalue weighted by Gasteiger charge is -2.07. The Morgan fingerprint density at radius 2 is 1.97 bits per heavy atom. The third-order valence-corrected chi connectivity index (χ3v) is 5.75. The van der Waals surface area contributed by atoms with E-state index < -0.39 is 5.82 Å². The second-order valence-corrected chi connectivity index (χ2v) is 7.92. The van der Waals surface area contributed by atoms with E-state index in [1.54, 1.807) is 23.9 Å². The summed E-state index contributed by atoms with van der Waals surface area (Å²) >= 11 is 1.22. The summed E-state index contributed by atoms with van der Waals surface area (Å²) in [6.45, 7) is 0. The maximum Gasteiger partial charge on any atom is 0.234 e. The minimum atomic E-state index is -0.478. The van der Waals surface area contributed by atoms with E-state index >= 15 is 0 Å². The van der Waals surface area contributed by atoms with Crippen molar-refractivity contribution in [3.63, 3.8) is 0 Å². The molecule has 0 saturated carbocycles. The number of hydrogen-bond acceptors (Lipinski definition) is 6. The third kappa shape index (κ3) is 4.50. The van der Waals surface area contributed by atoms with E-state index in [2.05, 4.69) is 20.6 Å². The average Bonchev–Trinajstić information content (AvgIpc) is 3.36. The van der Waals surface area contributed by atoms with E-state index in [0.29, 0.717) is 11.0 Å². The summed E-state index contributed by atoms with van der Waals surface area (Å²) in [5, 5.41) is 16.3. The Bertz CT molecular complexity index is 1270. The second kappa shape index (κ2) is 9.23. The lowest BCUT2D eigenvalue weighted by molar-refractivity contribution is -0.113. The van der Waals surface area contributed by atoms with Gasteiger partial charge in [0.25, 0.3) is 0 Å². The van der Waals surface area contributed by atoms with Crippen LogP contribution in [0.3, 0.4) is 0 Å². The molecule has 0 aliphatic carbocycles. The molecule has 2 aromatic carbocycles. The summed E-state index contributed by atoms with van der Waals surface area (Å²) in [6.07, 6.45) is 1.87. The van der Waals surface area contributed by atoms with Gasteiger partial charge in [-0.15, -0.1) is 10.2 Å². The molecule has 0 spiro atoms. The van der Waals surface area contributed by atoms with E-state index in [1.165, 1.54) is 23.9 Å². The first kappa shape index (κ1) is 21.6. The molecule has 164 valence electrons. The lowest BCUT2D eigenvalue weighted by atomic mass is 10.1. The van der Waals surface area contributed by atoms with E-state index in [0.717, 1.165) is 22.6 Å². The first-order valence-electron chi connectivity index (χ1n) is 9.71. The van der Waals surface area contributed by atoms with Crippen LogP contribution in [-0.4, -0.2) is 43.3 Å².